The molecule has 1 fully saturated rings. The van der Waals surface area contributed by atoms with Crippen LogP contribution in [0.1, 0.15) is 57.9 Å². The molecular weight excluding hydrogens is 380 g/mol. The van der Waals surface area contributed by atoms with Crippen molar-refractivity contribution in [3.05, 3.63) is 29.8 Å². The molecule has 2 N–H and O–H groups in total. The van der Waals surface area contributed by atoms with Crippen molar-refractivity contribution in [2.45, 2.75) is 65.0 Å². The highest BCUT2D eigenvalue weighted by atomic mass is 16.2. The number of carbonyl (C=O) groups excluding carboxylic acids is 3. The first-order chi connectivity index (χ1) is 14.4. The highest BCUT2D eigenvalue weighted by Crippen LogP contribution is 2.16. The van der Waals surface area contributed by atoms with E-state index >= 15 is 0 Å². The Bertz CT molecular complexity index is 714. The van der Waals surface area contributed by atoms with Gasteiger partial charge in [-0.15, -0.1) is 0 Å². The molecular formula is C23H36N4O3. The molecule has 0 atom stereocenters. The Balaban J connectivity index is 1.72. The predicted molar refractivity (Wildman–Crippen MR) is 119 cm³/mol. The van der Waals surface area contributed by atoms with E-state index in [2.05, 4.69) is 22.5 Å². The van der Waals surface area contributed by atoms with Gasteiger partial charge in [-0.1, -0.05) is 26.0 Å². The Hall–Kier alpha value is -2.41. The molecule has 3 amide bonds. The van der Waals surface area contributed by atoms with Gasteiger partial charge in [0.05, 0.1) is 0 Å². The molecule has 0 radical (unpaired) electrons. The Morgan fingerprint density at radius 1 is 1.07 bits per heavy atom. The largest absolute Gasteiger partial charge is 0.352 e. The summed E-state index contributed by atoms with van der Waals surface area (Å²) in [6.45, 7) is 7.60. The molecule has 7 heteroatoms. The number of anilines is 1. The van der Waals surface area contributed by atoms with Crippen LogP contribution in [-0.4, -0.2) is 60.2 Å². The molecule has 0 spiro atoms. The van der Waals surface area contributed by atoms with Gasteiger partial charge in [0.25, 0.3) is 0 Å². The van der Waals surface area contributed by atoms with Crippen LogP contribution in [0.2, 0.25) is 0 Å². The van der Waals surface area contributed by atoms with Gasteiger partial charge in [-0.3, -0.25) is 14.4 Å². The monoisotopic (exact) mass is 416 g/mol. The van der Waals surface area contributed by atoms with E-state index in [0.29, 0.717) is 13.0 Å². The van der Waals surface area contributed by atoms with Crippen LogP contribution in [0, 0.1) is 0 Å². The Kier molecular flexibility index (Phi) is 9.80. The van der Waals surface area contributed by atoms with Crippen LogP contribution >= 0.6 is 0 Å². The van der Waals surface area contributed by atoms with Crippen molar-refractivity contribution in [2.75, 3.05) is 32.0 Å². The maximum absolute atomic E-state index is 12.5. The average molecular weight is 417 g/mol. The lowest BCUT2D eigenvalue weighted by molar-refractivity contribution is -0.135. The number of nitrogens with zero attached hydrogens (tertiary/aromatic N) is 2. The molecule has 1 heterocycles. The van der Waals surface area contributed by atoms with Crippen LogP contribution in [0.4, 0.5) is 5.69 Å². The number of amides is 3. The number of benzene rings is 1. The highest BCUT2D eigenvalue weighted by molar-refractivity contribution is 5.90. The van der Waals surface area contributed by atoms with Crippen molar-refractivity contribution < 1.29 is 14.4 Å². The average Bonchev–Trinajstić information content (AvgIpc) is 2.76. The van der Waals surface area contributed by atoms with Crippen LogP contribution in [0.3, 0.4) is 0 Å². The topological polar surface area (TPSA) is 81.8 Å². The molecule has 0 aliphatic carbocycles. The number of piperidine rings is 1. The molecule has 1 aliphatic heterocycles. The van der Waals surface area contributed by atoms with Gasteiger partial charge >= 0.3 is 0 Å². The molecule has 30 heavy (non-hydrogen) atoms. The summed E-state index contributed by atoms with van der Waals surface area (Å²) in [6, 6.07) is 7.71. The summed E-state index contributed by atoms with van der Waals surface area (Å²) >= 11 is 0. The zero-order chi connectivity index (χ0) is 21.9. The number of hydrogen-bond donors (Lipinski definition) is 2. The van der Waals surface area contributed by atoms with Gasteiger partial charge in [0, 0.05) is 57.7 Å². The summed E-state index contributed by atoms with van der Waals surface area (Å²) in [5, 5.41) is 5.72. The SMILES string of the molecule is CCCC(=O)Nc1cccc(CNC(=O)CCC(=O)N(C)C2CCN(CC)CC2)c1. The number of nitrogens with one attached hydrogen (secondary N) is 2. The lowest BCUT2D eigenvalue weighted by Gasteiger charge is -2.36. The molecule has 1 aromatic carbocycles. The zero-order valence-corrected chi connectivity index (χ0v) is 18.6. The quantitative estimate of drug-likeness (QED) is 0.615. The molecule has 166 valence electrons. The first kappa shape index (κ1) is 23.9. The van der Waals surface area contributed by atoms with E-state index in [1.54, 1.807) is 0 Å². The van der Waals surface area contributed by atoms with Crippen molar-refractivity contribution in [2.24, 2.45) is 0 Å². The second-order valence-electron chi connectivity index (χ2n) is 7.95. The van der Waals surface area contributed by atoms with Gasteiger partial charge in [0.2, 0.25) is 17.7 Å². The molecule has 1 aliphatic rings. The lowest BCUT2D eigenvalue weighted by atomic mass is 10.0. The first-order valence-electron chi connectivity index (χ1n) is 11.1. The number of carbonyl (C=O) groups is 3. The van der Waals surface area contributed by atoms with Crippen LogP contribution in [0.25, 0.3) is 0 Å². The first-order valence-corrected chi connectivity index (χ1v) is 11.1. The fraction of sp³-hybridized carbons (Fsp3) is 0.609. The zero-order valence-electron chi connectivity index (χ0n) is 18.6. The van der Waals surface area contributed by atoms with E-state index in [4.69, 9.17) is 0 Å². The summed E-state index contributed by atoms with van der Waals surface area (Å²) in [7, 11) is 1.85. The molecule has 0 unspecified atom stereocenters. The molecule has 7 nitrogen and oxygen atoms in total. The van der Waals surface area contributed by atoms with Crippen LogP contribution < -0.4 is 10.6 Å². The molecule has 1 saturated heterocycles. The van der Waals surface area contributed by atoms with Crippen LogP contribution in [0.15, 0.2) is 24.3 Å². The van der Waals surface area contributed by atoms with Crippen molar-refractivity contribution in [3.8, 4) is 0 Å². The van der Waals surface area contributed by atoms with Crippen molar-refractivity contribution in [3.63, 3.8) is 0 Å². The van der Waals surface area contributed by atoms with E-state index in [1.807, 2.05) is 43.1 Å². The van der Waals surface area contributed by atoms with Gasteiger partial charge in [0.1, 0.15) is 0 Å². The standard InChI is InChI=1S/C23H36N4O3/c1-4-7-22(29)25-19-9-6-8-18(16-19)17-24-21(28)10-11-23(30)26(3)20-12-14-27(5-2)15-13-20/h6,8-9,16,20H,4-5,7,10-15,17H2,1-3H3,(H,24,28)(H,25,29). The van der Waals surface area contributed by atoms with Gasteiger partial charge in [-0.25, -0.2) is 0 Å². The van der Waals surface area contributed by atoms with Crippen LogP contribution in [0.5, 0.6) is 0 Å². The lowest BCUT2D eigenvalue weighted by Crippen LogP contribution is -2.45. The maximum atomic E-state index is 12.5. The summed E-state index contributed by atoms with van der Waals surface area (Å²) in [5.74, 6) is -0.125. The van der Waals surface area contributed by atoms with Gasteiger partial charge in [-0.05, 0) is 43.5 Å². The fourth-order valence-electron chi connectivity index (χ4n) is 3.72. The molecule has 1 aromatic rings. The van der Waals surface area contributed by atoms with Crippen LogP contribution in [-0.2, 0) is 20.9 Å². The van der Waals surface area contributed by atoms with Gasteiger partial charge in [-0.2, -0.15) is 0 Å². The second-order valence-corrected chi connectivity index (χ2v) is 7.95. The normalized spacial score (nSPS) is 14.9. The minimum Gasteiger partial charge on any atom is -0.352 e. The summed E-state index contributed by atoms with van der Waals surface area (Å²) in [6.07, 6.45) is 3.68. The van der Waals surface area contributed by atoms with Gasteiger partial charge in [0.15, 0.2) is 0 Å². The minimum absolute atomic E-state index is 0.0123. The smallest absolute Gasteiger partial charge is 0.224 e. The number of hydrogen-bond acceptors (Lipinski definition) is 4. The van der Waals surface area contributed by atoms with Crippen molar-refractivity contribution in [1.82, 2.24) is 15.1 Å². The Labute approximate surface area is 180 Å². The second kappa shape index (κ2) is 12.3. The number of rotatable bonds is 10. The van der Waals surface area contributed by atoms with E-state index in [0.717, 1.165) is 50.1 Å². The van der Waals surface area contributed by atoms with E-state index in [-0.39, 0.29) is 36.6 Å². The van der Waals surface area contributed by atoms with Crippen molar-refractivity contribution >= 4 is 23.4 Å². The molecule has 0 aromatic heterocycles. The van der Waals surface area contributed by atoms with E-state index in [9.17, 15) is 14.4 Å². The third kappa shape index (κ3) is 7.78. The molecule has 0 bridgehead atoms. The molecule has 2 rings (SSSR count). The third-order valence-electron chi connectivity index (χ3n) is 5.69. The maximum Gasteiger partial charge on any atom is 0.224 e. The van der Waals surface area contributed by atoms with E-state index < -0.39 is 0 Å². The Morgan fingerprint density at radius 3 is 2.47 bits per heavy atom. The van der Waals surface area contributed by atoms with Crippen molar-refractivity contribution in [1.29, 1.82) is 0 Å². The fourth-order valence-corrected chi connectivity index (χ4v) is 3.72. The summed E-state index contributed by atoms with van der Waals surface area (Å²) in [4.78, 5) is 40.6. The highest BCUT2D eigenvalue weighted by Gasteiger charge is 2.24. The van der Waals surface area contributed by atoms with Gasteiger partial charge < -0.3 is 20.4 Å². The summed E-state index contributed by atoms with van der Waals surface area (Å²) < 4.78 is 0. The minimum atomic E-state index is -0.141. The third-order valence-corrected chi connectivity index (χ3v) is 5.69. The summed E-state index contributed by atoms with van der Waals surface area (Å²) in [5.41, 5.74) is 1.63. The number of likely N-dealkylation sites (tertiary alicyclic amines) is 1. The predicted octanol–water partition coefficient (Wildman–Crippen LogP) is 2.76. The molecule has 0 saturated carbocycles. The Morgan fingerprint density at radius 2 is 1.80 bits per heavy atom. The van der Waals surface area contributed by atoms with E-state index in [1.165, 1.54) is 0 Å².